The summed E-state index contributed by atoms with van der Waals surface area (Å²) in [7, 11) is 0. The molecule has 13 heavy (non-hydrogen) atoms. The molecule has 1 aliphatic heterocycles. The SMILES string of the molecule is C=CC1CC=CC(C)=C(C(C)C)N1. The third-order valence-electron chi connectivity index (χ3n) is 2.39. The topological polar surface area (TPSA) is 12.0 Å². The molecule has 1 unspecified atom stereocenters. The van der Waals surface area contributed by atoms with Crippen LogP contribution >= 0.6 is 0 Å². The Morgan fingerprint density at radius 3 is 2.85 bits per heavy atom. The fraction of sp³-hybridized carbons (Fsp3) is 0.500. The van der Waals surface area contributed by atoms with Crippen molar-refractivity contribution in [1.29, 1.82) is 0 Å². The van der Waals surface area contributed by atoms with Crippen LogP contribution in [0.15, 0.2) is 36.1 Å². The zero-order valence-corrected chi connectivity index (χ0v) is 8.80. The molecule has 0 fully saturated rings. The summed E-state index contributed by atoms with van der Waals surface area (Å²) < 4.78 is 0. The smallest absolute Gasteiger partial charge is 0.0473 e. The molecular weight excluding hydrogens is 158 g/mol. The van der Waals surface area contributed by atoms with Crippen molar-refractivity contribution in [2.75, 3.05) is 0 Å². The molecule has 1 heteroatoms. The number of rotatable bonds is 2. The van der Waals surface area contributed by atoms with Crippen molar-refractivity contribution >= 4 is 0 Å². The average molecular weight is 177 g/mol. The van der Waals surface area contributed by atoms with Gasteiger partial charge in [0, 0.05) is 11.7 Å². The van der Waals surface area contributed by atoms with Crippen LogP contribution in [-0.4, -0.2) is 6.04 Å². The summed E-state index contributed by atoms with van der Waals surface area (Å²) in [5.41, 5.74) is 2.69. The van der Waals surface area contributed by atoms with Crippen molar-refractivity contribution in [2.24, 2.45) is 5.92 Å². The van der Waals surface area contributed by atoms with Crippen molar-refractivity contribution in [3.63, 3.8) is 0 Å². The molecule has 0 amide bonds. The third-order valence-corrected chi connectivity index (χ3v) is 2.39. The van der Waals surface area contributed by atoms with E-state index in [0.717, 1.165) is 6.42 Å². The normalized spacial score (nSPS) is 22.9. The van der Waals surface area contributed by atoms with Gasteiger partial charge in [0.1, 0.15) is 0 Å². The van der Waals surface area contributed by atoms with Crippen LogP contribution in [0.4, 0.5) is 0 Å². The third kappa shape index (κ3) is 2.48. The van der Waals surface area contributed by atoms with E-state index in [1.807, 2.05) is 6.08 Å². The highest BCUT2D eigenvalue weighted by Gasteiger charge is 2.12. The molecule has 0 aromatic carbocycles. The highest BCUT2D eigenvalue weighted by molar-refractivity contribution is 5.27. The Labute approximate surface area is 81.2 Å². The van der Waals surface area contributed by atoms with E-state index in [-0.39, 0.29) is 0 Å². The van der Waals surface area contributed by atoms with Gasteiger partial charge in [0.05, 0.1) is 0 Å². The first kappa shape index (κ1) is 10.1. The van der Waals surface area contributed by atoms with Gasteiger partial charge in [0.15, 0.2) is 0 Å². The number of nitrogens with one attached hydrogen (secondary N) is 1. The van der Waals surface area contributed by atoms with Gasteiger partial charge in [-0.1, -0.05) is 32.1 Å². The maximum atomic E-state index is 3.83. The Bertz CT molecular complexity index is 246. The van der Waals surface area contributed by atoms with Crippen molar-refractivity contribution in [3.05, 3.63) is 36.1 Å². The lowest BCUT2D eigenvalue weighted by Gasteiger charge is -2.19. The van der Waals surface area contributed by atoms with E-state index >= 15 is 0 Å². The summed E-state index contributed by atoms with van der Waals surface area (Å²) in [6.07, 6.45) is 7.43. The van der Waals surface area contributed by atoms with E-state index in [2.05, 4.69) is 44.8 Å². The Morgan fingerprint density at radius 1 is 1.62 bits per heavy atom. The maximum absolute atomic E-state index is 3.83. The number of allylic oxidation sites excluding steroid dienone is 3. The minimum absolute atomic E-state index is 0.395. The first-order valence-electron chi connectivity index (χ1n) is 4.91. The first-order chi connectivity index (χ1) is 6.15. The van der Waals surface area contributed by atoms with Crippen molar-refractivity contribution < 1.29 is 0 Å². The molecule has 1 rings (SSSR count). The van der Waals surface area contributed by atoms with Crippen LogP contribution in [0.2, 0.25) is 0 Å². The summed E-state index contributed by atoms with van der Waals surface area (Å²) in [5.74, 6) is 0.560. The van der Waals surface area contributed by atoms with E-state index in [1.54, 1.807) is 0 Å². The van der Waals surface area contributed by atoms with Crippen LogP contribution in [0, 0.1) is 5.92 Å². The average Bonchev–Trinajstić information content (AvgIpc) is 2.26. The fourth-order valence-corrected chi connectivity index (χ4v) is 1.63. The lowest BCUT2D eigenvalue weighted by atomic mass is 10.1. The number of hydrogen-bond donors (Lipinski definition) is 1. The van der Waals surface area contributed by atoms with Gasteiger partial charge >= 0.3 is 0 Å². The van der Waals surface area contributed by atoms with Crippen LogP contribution in [0.25, 0.3) is 0 Å². The lowest BCUT2D eigenvalue weighted by molar-refractivity contribution is 0.596. The van der Waals surface area contributed by atoms with Gasteiger partial charge in [-0.2, -0.15) is 0 Å². The zero-order valence-electron chi connectivity index (χ0n) is 8.80. The zero-order chi connectivity index (χ0) is 9.84. The fourth-order valence-electron chi connectivity index (χ4n) is 1.63. The molecule has 1 heterocycles. The lowest BCUT2D eigenvalue weighted by Crippen LogP contribution is -2.27. The van der Waals surface area contributed by atoms with Gasteiger partial charge in [-0.05, 0) is 24.8 Å². The largest absolute Gasteiger partial charge is 0.381 e. The van der Waals surface area contributed by atoms with Crippen LogP contribution in [0.3, 0.4) is 0 Å². The molecular formula is C12H19N. The summed E-state index contributed by atoms with van der Waals surface area (Å²) in [5, 5.41) is 3.51. The van der Waals surface area contributed by atoms with Crippen LogP contribution in [0.1, 0.15) is 27.2 Å². The molecule has 0 aromatic heterocycles. The van der Waals surface area contributed by atoms with Crippen LogP contribution in [0.5, 0.6) is 0 Å². The predicted molar refractivity (Wildman–Crippen MR) is 58.4 cm³/mol. The van der Waals surface area contributed by atoms with Crippen LogP contribution < -0.4 is 5.32 Å². The summed E-state index contributed by atoms with van der Waals surface area (Å²) in [6.45, 7) is 10.4. The molecule has 0 aromatic rings. The Morgan fingerprint density at radius 2 is 2.31 bits per heavy atom. The summed E-state index contributed by atoms with van der Waals surface area (Å²) in [6, 6.07) is 0.395. The summed E-state index contributed by atoms with van der Waals surface area (Å²) >= 11 is 0. The standard InChI is InChI=1S/C12H19N/c1-5-11-8-6-7-10(4)12(13-11)9(2)3/h5-7,9,11,13H,1,8H2,2-4H3. The van der Waals surface area contributed by atoms with Crippen molar-refractivity contribution in [3.8, 4) is 0 Å². The molecule has 1 nitrogen and oxygen atoms in total. The summed E-state index contributed by atoms with van der Waals surface area (Å²) in [4.78, 5) is 0. The highest BCUT2D eigenvalue weighted by atomic mass is 14.9. The first-order valence-corrected chi connectivity index (χ1v) is 4.91. The van der Waals surface area contributed by atoms with Crippen molar-refractivity contribution in [1.82, 2.24) is 5.32 Å². The number of hydrogen-bond acceptors (Lipinski definition) is 1. The van der Waals surface area contributed by atoms with E-state index in [4.69, 9.17) is 0 Å². The van der Waals surface area contributed by atoms with Gasteiger partial charge in [0.2, 0.25) is 0 Å². The molecule has 0 saturated carbocycles. The van der Waals surface area contributed by atoms with Crippen molar-refractivity contribution in [2.45, 2.75) is 33.2 Å². The molecule has 0 radical (unpaired) electrons. The molecule has 1 atom stereocenters. The highest BCUT2D eigenvalue weighted by Crippen LogP contribution is 2.17. The second kappa shape index (κ2) is 4.31. The van der Waals surface area contributed by atoms with Gasteiger partial charge in [-0.3, -0.25) is 0 Å². The van der Waals surface area contributed by atoms with E-state index in [9.17, 15) is 0 Å². The predicted octanol–water partition coefficient (Wildman–Crippen LogP) is 3.02. The Hall–Kier alpha value is -0.980. The van der Waals surface area contributed by atoms with Gasteiger partial charge < -0.3 is 5.32 Å². The van der Waals surface area contributed by atoms with E-state index < -0.39 is 0 Å². The molecule has 0 bridgehead atoms. The minimum atomic E-state index is 0.395. The second-order valence-electron chi connectivity index (χ2n) is 3.88. The van der Waals surface area contributed by atoms with E-state index in [1.165, 1.54) is 11.3 Å². The molecule has 0 saturated heterocycles. The van der Waals surface area contributed by atoms with E-state index in [0.29, 0.717) is 12.0 Å². The maximum Gasteiger partial charge on any atom is 0.0473 e. The van der Waals surface area contributed by atoms with Gasteiger partial charge in [-0.25, -0.2) is 0 Å². The molecule has 1 N–H and O–H groups in total. The molecule has 1 aliphatic rings. The second-order valence-corrected chi connectivity index (χ2v) is 3.88. The quantitative estimate of drug-likeness (QED) is 0.639. The Kier molecular flexibility index (Phi) is 3.35. The Balaban J connectivity index is 2.87. The monoisotopic (exact) mass is 177 g/mol. The molecule has 0 spiro atoms. The molecule has 72 valence electrons. The van der Waals surface area contributed by atoms with Crippen LogP contribution in [-0.2, 0) is 0 Å². The molecule has 0 aliphatic carbocycles. The van der Waals surface area contributed by atoms with Gasteiger partial charge in [0.25, 0.3) is 0 Å². The minimum Gasteiger partial charge on any atom is -0.381 e. The van der Waals surface area contributed by atoms with Gasteiger partial charge in [-0.15, -0.1) is 6.58 Å².